The lowest BCUT2D eigenvalue weighted by Gasteiger charge is -2.27. The van der Waals surface area contributed by atoms with Crippen molar-refractivity contribution in [3.63, 3.8) is 0 Å². The minimum absolute atomic E-state index is 0.0475. The maximum absolute atomic E-state index is 12.8. The molecular formula is C19H20N6O. The lowest BCUT2D eigenvalue weighted by molar-refractivity contribution is 0.0727. The maximum atomic E-state index is 12.8. The summed E-state index contributed by atoms with van der Waals surface area (Å²) in [6.45, 7) is 1.23. The van der Waals surface area contributed by atoms with Gasteiger partial charge in [-0.2, -0.15) is 5.10 Å². The van der Waals surface area contributed by atoms with E-state index in [0.717, 1.165) is 30.5 Å². The highest BCUT2D eigenvalue weighted by Crippen LogP contribution is 2.30. The van der Waals surface area contributed by atoms with Crippen LogP contribution in [0, 0.1) is 0 Å². The Balaban J connectivity index is 1.35. The standard InChI is InChI=1S/C19H20N6O/c26-19(17-13-24(22-21-17)15-7-4-8-15)23-10-9-18-14(12-23)11-20-25(18)16-5-2-1-3-6-16/h1-3,5-6,11,13,15H,4,7-10,12H2. The summed E-state index contributed by atoms with van der Waals surface area (Å²) in [5.41, 5.74) is 3.77. The summed E-state index contributed by atoms with van der Waals surface area (Å²) in [6.07, 6.45) is 7.94. The Kier molecular flexibility index (Phi) is 3.58. The number of benzene rings is 1. The monoisotopic (exact) mass is 348 g/mol. The number of fused-ring (bicyclic) bond motifs is 1. The summed E-state index contributed by atoms with van der Waals surface area (Å²) in [6, 6.07) is 10.5. The lowest BCUT2D eigenvalue weighted by Crippen LogP contribution is -2.36. The van der Waals surface area contributed by atoms with Crippen LogP contribution in [0.4, 0.5) is 0 Å². The molecular weight excluding hydrogens is 328 g/mol. The third-order valence-corrected chi connectivity index (χ3v) is 5.40. The van der Waals surface area contributed by atoms with E-state index < -0.39 is 0 Å². The van der Waals surface area contributed by atoms with Crippen LogP contribution in [0.5, 0.6) is 0 Å². The first kappa shape index (κ1) is 15.3. The van der Waals surface area contributed by atoms with Crippen molar-refractivity contribution in [3.8, 4) is 5.69 Å². The largest absolute Gasteiger partial charge is 0.332 e. The number of carbonyl (C=O) groups is 1. The van der Waals surface area contributed by atoms with Crippen molar-refractivity contribution in [1.82, 2.24) is 29.7 Å². The van der Waals surface area contributed by atoms with Crippen molar-refractivity contribution in [1.29, 1.82) is 0 Å². The zero-order valence-electron chi connectivity index (χ0n) is 14.5. The average molecular weight is 348 g/mol. The molecule has 0 unspecified atom stereocenters. The Bertz CT molecular complexity index is 940. The minimum Gasteiger partial charge on any atom is -0.332 e. The molecule has 1 amide bonds. The Morgan fingerprint density at radius 2 is 2.00 bits per heavy atom. The first-order valence-electron chi connectivity index (χ1n) is 9.12. The zero-order chi connectivity index (χ0) is 17.5. The number of nitrogens with zero attached hydrogens (tertiary/aromatic N) is 6. The third kappa shape index (κ3) is 2.51. The second kappa shape index (κ2) is 6.09. The number of para-hydroxylation sites is 1. The van der Waals surface area contributed by atoms with Gasteiger partial charge in [-0.1, -0.05) is 23.4 Å². The summed E-state index contributed by atoms with van der Waals surface area (Å²) >= 11 is 0. The highest BCUT2D eigenvalue weighted by Gasteiger charge is 2.28. The van der Waals surface area contributed by atoms with Crippen LogP contribution < -0.4 is 0 Å². The van der Waals surface area contributed by atoms with Crippen LogP contribution in [0.3, 0.4) is 0 Å². The van der Waals surface area contributed by atoms with Gasteiger partial charge in [0, 0.05) is 25.1 Å². The van der Waals surface area contributed by atoms with Gasteiger partial charge in [0.05, 0.1) is 29.8 Å². The maximum Gasteiger partial charge on any atom is 0.276 e. The van der Waals surface area contributed by atoms with Crippen LogP contribution >= 0.6 is 0 Å². The predicted octanol–water partition coefficient (Wildman–Crippen LogP) is 2.39. The van der Waals surface area contributed by atoms with E-state index in [-0.39, 0.29) is 5.91 Å². The number of amides is 1. The van der Waals surface area contributed by atoms with E-state index >= 15 is 0 Å². The van der Waals surface area contributed by atoms with E-state index in [1.807, 2.05) is 50.8 Å². The topological polar surface area (TPSA) is 68.8 Å². The Hall–Kier alpha value is -2.96. The predicted molar refractivity (Wildman–Crippen MR) is 94.9 cm³/mol. The van der Waals surface area contributed by atoms with Crippen LogP contribution in [-0.2, 0) is 13.0 Å². The van der Waals surface area contributed by atoms with Gasteiger partial charge in [0.2, 0.25) is 0 Å². The van der Waals surface area contributed by atoms with Gasteiger partial charge in [-0.25, -0.2) is 9.36 Å². The fourth-order valence-corrected chi connectivity index (χ4v) is 3.66. The van der Waals surface area contributed by atoms with Gasteiger partial charge in [-0.05, 0) is 31.4 Å². The van der Waals surface area contributed by atoms with E-state index in [0.29, 0.717) is 24.8 Å². The van der Waals surface area contributed by atoms with Gasteiger partial charge >= 0.3 is 0 Å². The fraction of sp³-hybridized carbons (Fsp3) is 0.368. The summed E-state index contributed by atoms with van der Waals surface area (Å²) in [5.74, 6) is -0.0475. The molecule has 0 atom stereocenters. The van der Waals surface area contributed by atoms with Gasteiger partial charge in [0.15, 0.2) is 5.69 Å². The molecule has 3 heterocycles. The van der Waals surface area contributed by atoms with Gasteiger partial charge in [-0.3, -0.25) is 4.79 Å². The molecule has 2 aromatic heterocycles. The van der Waals surface area contributed by atoms with Crippen molar-refractivity contribution < 1.29 is 4.79 Å². The molecule has 1 aliphatic carbocycles. The summed E-state index contributed by atoms with van der Waals surface area (Å²) in [7, 11) is 0. The number of carbonyl (C=O) groups excluding carboxylic acids is 1. The summed E-state index contributed by atoms with van der Waals surface area (Å²) in [5, 5.41) is 12.8. The van der Waals surface area contributed by atoms with E-state index in [1.165, 1.54) is 12.1 Å². The molecule has 0 saturated heterocycles. The molecule has 0 spiro atoms. The summed E-state index contributed by atoms with van der Waals surface area (Å²) in [4.78, 5) is 14.7. The van der Waals surface area contributed by atoms with Gasteiger partial charge in [0.25, 0.3) is 5.91 Å². The van der Waals surface area contributed by atoms with Crippen LogP contribution in [0.2, 0.25) is 0 Å². The molecule has 26 heavy (non-hydrogen) atoms. The van der Waals surface area contributed by atoms with Gasteiger partial charge in [-0.15, -0.1) is 5.10 Å². The van der Waals surface area contributed by atoms with Crippen molar-refractivity contribution in [2.45, 2.75) is 38.3 Å². The van der Waals surface area contributed by atoms with E-state index in [2.05, 4.69) is 15.4 Å². The Morgan fingerprint density at radius 3 is 2.77 bits per heavy atom. The van der Waals surface area contributed by atoms with Gasteiger partial charge in [0.1, 0.15) is 0 Å². The third-order valence-electron chi connectivity index (χ3n) is 5.40. The second-order valence-corrected chi connectivity index (χ2v) is 7.01. The first-order valence-corrected chi connectivity index (χ1v) is 9.12. The van der Waals surface area contributed by atoms with Crippen molar-refractivity contribution in [3.05, 3.63) is 59.7 Å². The first-order chi connectivity index (χ1) is 12.8. The Labute approximate surface area is 151 Å². The highest BCUT2D eigenvalue weighted by molar-refractivity contribution is 5.92. The van der Waals surface area contributed by atoms with Crippen molar-refractivity contribution in [2.75, 3.05) is 6.54 Å². The molecule has 0 N–H and O–H groups in total. The SMILES string of the molecule is O=C(c1cn(C2CCC2)nn1)N1CCc2c(cnn2-c2ccccc2)C1. The minimum atomic E-state index is -0.0475. The van der Waals surface area contributed by atoms with E-state index in [9.17, 15) is 4.79 Å². The lowest BCUT2D eigenvalue weighted by atomic mass is 9.93. The zero-order valence-corrected chi connectivity index (χ0v) is 14.5. The Morgan fingerprint density at radius 1 is 1.15 bits per heavy atom. The molecule has 3 aromatic rings. The summed E-state index contributed by atoms with van der Waals surface area (Å²) < 4.78 is 3.82. The van der Waals surface area contributed by atoms with Crippen LogP contribution in [0.15, 0.2) is 42.7 Å². The molecule has 1 aliphatic heterocycles. The molecule has 2 aliphatic rings. The smallest absolute Gasteiger partial charge is 0.276 e. The molecule has 132 valence electrons. The van der Waals surface area contributed by atoms with Crippen LogP contribution in [0.25, 0.3) is 5.69 Å². The fourth-order valence-electron chi connectivity index (χ4n) is 3.66. The number of rotatable bonds is 3. The quantitative estimate of drug-likeness (QED) is 0.729. The molecule has 0 bridgehead atoms. The molecule has 1 saturated carbocycles. The second-order valence-electron chi connectivity index (χ2n) is 7.01. The molecule has 1 fully saturated rings. The number of hydrogen-bond acceptors (Lipinski definition) is 4. The van der Waals surface area contributed by atoms with E-state index in [4.69, 9.17) is 0 Å². The van der Waals surface area contributed by atoms with E-state index in [1.54, 1.807) is 6.20 Å². The normalized spacial score (nSPS) is 17.0. The number of aromatic nitrogens is 5. The van der Waals surface area contributed by atoms with Crippen LogP contribution in [0.1, 0.15) is 47.1 Å². The molecule has 5 rings (SSSR count). The van der Waals surface area contributed by atoms with Crippen molar-refractivity contribution in [2.24, 2.45) is 0 Å². The van der Waals surface area contributed by atoms with Gasteiger partial charge < -0.3 is 4.90 Å². The highest BCUT2D eigenvalue weighted by atomic mass is 16.2. The average Bonchev–Trinajstić information content (AvgIpc) is 3.27. The van der Waals surface area contributed by atoms with Crippen LogP contribution in [-0.4, -0.2) is 42.1 Å². The molecule has 0 radical (unpaired) electrons. The molecule has 7 nitrogen and oxygen atoms in total. The number of hydrogen-bond donors (Lipinski definition) is 0. The molecule has 7 heteroatoms. The molecule has 1 aromatic carbocycles. The van der Waals surface area contributed by atoms with Crippen molar-refractivity contribution >= 4 is 5.91 Å².